The number of nitrogens with zero attached hydrogens (tertiary/aromatic N) is 4. The molecule has 0 unspecified atom stereocenters. The third-order valence-electron chi connectivity index (χ3n) is 7.27. The van der Waals surface area contributed by atoms with Crippen LogP contribution in [0.25, 0.3) is 11.0 Å². The molecule has 1 fully saturated rings. The van der Waals surface area contributed by atoms with Gasteiger partial charge in [-0.25, -0.2) is 14.8 Å². The summed E-state index contributed by atoms with van der Waals surface area (Å²) in [6.45, 7) is 12.1. The molecule has 4 rings (SSSR count). The van der Waals surface area contributed by atoms with E-state index in [2.05, 4.69) is 76.1 Å². The fraction of sp³-hybridized carbons (Fsp3) is 0.536. The topological polar surface area (TPSA) is 151 Å². The first-order chi connectivity index (χ1) is 18.9. The van der Waals surface area contributed by atoms with E-state index in [4.69, 9.17) is 10.5 Å². The van der Waals surface area contributed by atoms with Crippen LogP contribution in [0.4, 0.5) is 16.3 Å². The van der Waals surface area contributed by atoms with Crippen molar-refractivity contribution in [3.8, 4) is 0 Å². The van der Waals surface area contributed by atoms with Gasteiger partial charge in [-0.3, -0.25) is 9.47 Å². The zero-order valence-electron chi connectivity index (χ0n) is 23.6. The van der Waals surface area contributed by atoms with Crippen LogP contribution in [-0.4, -0.2) is 79.7 Å². The van der Waals surface area contributed by atoms with E-state index in [0.717, 1.165) is 5.69 Å². The van der Waals surface area contributed by atoms with Crippen LogP contribution in [-0.2, 0) is 10.2 Å². The van der Waals surface area contributed by atoms with E-state index in [1.54, 1.807) is 10.6 Å². The predicted molar refractivity (Wildman–Crippen MR) is 159 cm³/mol. The summed E-state index contributed by atoms with van der Waals surface area (Å²) in [5.41, 5.74) is 8.49. The van der Waals surface area contributed by atoms with Gasteiger partial charge in [0.1, 0.15) is 36.1 Å². The van der Waals surface area contributed by atoms with Gasteiger partial charge in [0.2, 0.25) is 0 Å². The molecule has 0 saturated carbocycles. The summed E-state index contributed by atoms with van der Waals surface area (Å²) in [5.74, 6) is 0.320. The lowest BCUT2D eigenvalue weighted by atomic mass is 9.87. The van der Waals surface area contributed by atoms with Gasteiger partial charge in [-0.15, -0.1) is 0 Å². The predicted octanol–water partition coefficient (Wildman–Crippen LogP) is 3.61. The lowest BCUT2D eigenvalue weighted by Gasteiger charge is -2.30. The summed E-state index contributed by atoms with van der Waals surface area (Å²) >= 11 is 3.50. The standard InChI is InChI=1S/C28H40BrN7O4/c1-16(2)35(12-6-11-31-27(39)34-18-9-7-17(8-10-18)28(3,4)5)14-20-22(37)23(38)26(40-20)36-21(29)13-19-24(30)32-15-33-25(19)36/h7-10,13,15-16,20,22-23,26,37-38H,6,11-12,14H2,1-5H3,(H2,30,32,33)(H2,31,34,39)/t20-,22-,23-,26-/m1/s1. The highest BCUT2D eigenvalue weighted by Gasteiger charge is 2.45. The first-order valence-electron chi connectivity index (χ1n) is 13.5. The van der Waals surface area contributed by atoms with Gasteiger partial charge >= 0.3 is 6.03 Å². The maximum atomic E-state index is 12.4. The van der Waals surface area contributed by atoms with Gasteiger partial charge in [0.05, 0.1) is 9.99 Å². The zero-order chi connectivity index (χ0) is 29.2. The minimum Gasteiger partial charge on any atom is -0.387 e. The molecule has 0 bridgehead atoms. The summed E-state index contributed by atoms with van der Waals surface area (Å²) in [4.78, 5) is 22.9. The Morgan fingerprint density at radius 2 is 1.90 bits per heavy atom. The highest BCUT2D eigenvalue weighted by atomic mass is 79.9. The number of aliphatic hydroxyl groups is 2. The van der Waals surface area contributed by atoms with Crippen molar-refractivity contribution < 1.29 is 19.7 Å². The molecule has 0 spiro atoms. The van der Waals surface area contributed by atoms with E-state index in [-0.39, 0.29) is 17.5 Å². The summed E-state index contributed by atoms with van der Waals surface area (Å²) in [6.07, 6.45) is -1.68. The summed E-state index contributed by atoms with van der Waals surface area (Å²) < 4.78 is 8.48. The molecule has 11 nitrogen and oxygen atoms in total. The van der Waals surface area contributed by atoms with Crippen LogP contribution < -0.4 is 16.4 Å². The number of hydrogen-bond acceptors (Lipinski definition) is 8. The lowest BCUT2D eigenvalue weighted by Crippen LogP contribution is -2.44. The van der Waals surface area contributed by atoms with E-state index >= 15 is 0 Å². The number of anilines is 2. The number of nitrogens with one attached hydrogen (secondary N) is 2. The second kappa shape index (κ2) is 12.4. The molecule has 2 amide bonds. The Morgan fingerprint density at radius 1 is 1.20 bits per heavy atom. The van der Waals surface area contributed by atoms with Gasteiger partial charge in [-0.05, 0) is 65.4 Å². The van der Waals surface area contributed by atoms with Crippen LogP contribution in [0.5, 0.6) is 0 Å². The fourth-order valence-corrected chi connectivity index (χ4v) is 5.46. The molecule has 1 aromatic carbocycles. The first kappa shape index (κ1) is 30.2. The molecule has 6 N–H and O–H groups in total. The largest absolute Gasteiger partial charge is 0.387 e. The maximum absolute atomic E-state index is 12.4. The van der Waals surface area contributed by atoms with E-state index in [9.17, 15) is 15.0 Å². The molecule has 40 heavy (non-hydrogen) atoms. The molecule has 12 heteroatoms. The van der Waals surface area contributed by atoms with Crippen molar-refractivity contribution in [2.24, 2.45) is 0 Å². The number of rotatable bonds is 9. The molecule has 1 aliphatic rings. The second-order valence-corrected chi connectivity index (χ2v) is 12.3. The Bertz CT molecular complexity index is 1310. The number of urea groups is 1. The van der Waals surface area contributed by atoms with Gasteiger partial charge in [-0.2, -0.15) is 0 Å². The summed E-state index contributed by atoms with van der Waals surface area (Å²) in [7, 11) is 0. The van der Waals surface area contributed by atoms with Crippen LogP contribution in [0.2, 0.25) is 0 Å². The number of aromatic nitrogens is 3. The molecule has 2 aromatic heterocycles. The van der Waals surface area contributed by atoms with Crippen molar-refractivity contribution in [1.29, 1.82) is 0 Å². The smallest absolute Gasteiger partial charge is 0.319 e. The van der Waals surface area contributed by atoms with Crippen molar-refractivity contribution >= 4 is 44.5 Å². The average Bonchev–Trinajstić information content (AvgIpc) is 3.36. The first-order valence-corrected chi connectivity index (χ1v) is 14.3. The van der Waals surface area contributed by atoms with E-state index in [0.29, 0.717) is 47.5 Å². The number of nitrogens with two attached hydrogens (primary N) is 1. The van der Waals surface area contributed by atoms with E-state index in [1.165, 1.54) is 11.9 Å². The Kier molecular flexibility index (Phi) is 9.36. The molecular weight excluding hydrogens is 578 g/mol. The van der Waals surface area contributed by atoms with Crippen LogP contribution in [0.1, 0.15) is 52.8 Å². The number of hydrogen-bond donors (Lipinski definition) is 5. The lowest BCUT2D eigenvalue weighted by molar-refractivity contribution is -0.0475. The van der Waals surface area contributed by atoms with Crippen LogP contribution in [0.3, 0.4) is 0 Å². The minimum absolute atomic E-state index is 0.0542. The van der Waals surface area contributed by atoms with Gasteiger partial charge in [0, 0.05) is 31.4 Å². The van der Waals surface area contributed by atoms with Crippen molar-refractivity contribution in [2.45, 2.75) is 77.0 Å². The molecule has 1 saturated heterocycles. The quantitative estimate of drug-likeness (QED) is 0.228. The second-order valence-electron chi connectivity index (χ2n) is 11.5. The maximum Gasteiger partial charge on any atom is 0.319 e. The monoisotopic (exact) mass is 617 g/mol. The number of benzene rings is 1. The molecule has 218 valence electrons. The van der Waals surface area contributed by atoms with E-state index < -0.39 is 24.5 Å². The number of ether oxygens (including phenoxy) is 1. The zero-order valence-corrected chi connectivity index (χ0v) is 25.2. The Hall–Kier alpha value is -2.77. The number of aliphatic hydroxyl groups excluding tert-OH is 2. The van der Waals surface area contributed by atoms with Gasteiger partial charge < -0.3 is 31.3 Å². The Balaban J connectivity index is 1.30. The van der Waals surface area contributed by atoms with Gasteiger partial charge in [-0.1, -0.05) is 32.9 Å². The van der Waals surface area contributed by atoms with Crippen molar-refractivity contribution in [2.75, 3.05) is 30.7 Å². The molecule has 3 heterocycles. The third-order valence-corrected chi connectivity index (χ3v) is 7.88. The van der Waals surface area contributed by atoms with Crippen molar-refractivity contribution in [1.82, 2.24) is 24.8 Å². The highest BCUT2D eigenvalue weighted by Crippen LogP contribution is 2.37. The van der Waals surface area contributed by atoms with Crippen molar-refractivity contribution in [3.63, 3.8) is 0 Å². The molecule has 4 atom stereocenters. The highest BCUT2D eigenvalue weighted by molar-refractivity contribution is 9.10. The summed E-state index contributed by atoms with van der Waals surface area (Å²) in [6, 6.07) is 9.54. The molecule has 0 aliphatic carbocycles. The Labute approximate surface area is 243 Å². The number of halogens is 1. The molecule has 3 aromatic rings. The van der Waals surface area contributed by atoms with E-state index in [1.807, 2.05) is 24.3 Å². The van der Waals surface area contributed by atoms with Gasteiger partial charge in [0.25, 0.3) is 0 Å². The minimum atomic E-state index is -1.16. The molecule has 1 aliphatic heterocycles. The third kappa shape index (κ3) is 6.74. The number of amides is 2. The average molecular weight is 619 g/mol. The van der Waals surface area contributed by atoms with Gasteiger partial charge in [0.15, 0.2) is 6.23 Å². The van der Waals surface area contributed by atoms with Crippen LogP contribution in [0.15, 0.2) is 41.3 Å². The normalized spacial score (nSPS) is 21.4. The van der Waals surface area contributed by atoms with Crippen LogP contribution >= 0.6 is 15.9 Å². The number of fused-ring (bicyclic) bond motifs is 1. The molecule has 0 radical (unpaired) electrons. The molecular formula is C28H40BrN7O4. The number of carbonyl (C=O) groups excluding carboxylic acids is 1. The van der Waals surface area contributed by atoms with Crippen LogP contribution in [0, 0.1) is 0 Å². The van der Waals surface area contributed by atoms with Crippen molar-refractivity contribution in [3.05, 3.63) is 46.8 Å². The number of nitrogen functional groups attached to an aromatic ring is 1. The SMILES string of the molecule is CC(C)N(CCCNC(=O)Nc1ccc(C(C)(C)C)cc1)C[C@H]1O[C@@H](n2c(Br)cc3c(N)ncnc32)[C@H](O)[C@@H]1O. The Morgan fingerprint density at radius 3 is 2.55 bits per heavy atom. The number of carbonyl (C=O) groups is 1. The fourth-order valence-electron chi connectivity index (χ4n) is 4.86. The summed E-state index contributed by atoms with van der Waals surface area (Å²) in [5, 5.41) is 28.2.